The number of benzene rings is 1. The Kier molecular flexibility index (Phi) is 6.40. The molecule has 5 rings (SSSR count). The Hall–Kier alpha value is -3.14. The molecular formula is C26H34N4O6. The Morgan fingerprint density at radius 3 is 2.44 bits per heavy atom. The zero-order valence-corrected chi connectivity index (χ0v) is 21.1. The van der Waals surface area contributed by atoms with Gasteiger partial charge in [-0.25, -0.2) is 4.79 Å². The van der Waals surface area contributed by atoms with E-state index in [4.69, 9.17) is 9.47 Å². The van der Waals surface area contributed by atoms with Gasteiger partial charge < -0.3 is 19.3 Å². The quantitative estimate of drug-likeness (QED) is 0.632. The number of fused-ring (bicyclic) bond motifs is 1. The van der Waals surface area contributed by atoms with Crippen molar-refractivity contribution in [3.05, 3.63) is 29.3 Å². The molecule has 36 heavy (non-hydrogen) atoms. The molecule has 194 valence electrons. The van der Waals surface area contributed by atoms with E-state index in [1.165, 1.54) is 0 Å². The molecule has 10 heteroatoms. The Morgan fingerprint density at radius 1 is 1.06 bits per heavy atom. The summed E-state index contributed by atoms with van der Waals surface area (Å²) in [6.07, 6.45) is 2.30. The topological polar surface area (TPSA) is 108 Å². The fraction of sp³-hybridized carbons (Fsp3) is 0.615. The van der Waals surface area contributed by atoms with Gasteiger partial charge in [0.05, 0.1) is 0 Å². The molecule has 0 radical (unpaired) electrons. The van der Waals surface area contributed by atoms with Crippen LogP contribution in [0, 0.1) is 0 Å². The first-order valence-corrected chi connectivity index (χ1v) is 12.7. The Labute approximate surface area is 210 Å². The highest BCUT2D eigenvalue weighted by atomic mass is 16.6. The minimum Gasteiger partial charge on any atom is -0.490 e. The lowest BCUT2D eigenvalue weighted by atomic mass is 9.87. The van der Waals surface area contributed by atoms with E-state index in [0.29, 0.717) is 37.7 Å². The fourth-order valence-electron chi connectivity index (χ4n) is 5.34. The average molecular weight is 499 g/mol. The van der Waals surface area contributed by atoms with E-state index in [2.05, 4.69) is 10.2 Å². The number of hydrogen-bond donors (Lipinski definition) is 1. The summed E-state index contributed by atoms with van der Waals surface area (Å²) < 4.78 is 11.7. The Morgan fingerprint density at radius 2 is 1.78 bits per heavy atom. The van der Waals surface area contributed by atoms with Gasteiger partial charge in [-0.15, -0.1) is 0 Å². The molecular weight excluding hydrogens is 464 g/mol. The number of nitrogens with one attached hydrogen (secondary N) is 1. The van der Waals surface area contributed by atoms with Gasteiger partial charge in [0.15, 0.2) is 0 Å². The third-order valence-corrected chi connectivity index (χ3v) is 7.35. The van der Waals surface area contributed by atoms with Crippen LogP contribution in [-0.2, 0) is 20.9 Å². The second-order valence-corrected chi connectivity index (χ2v) is 11.1. The minimum absolute atomic E-state index is 0.111. The Bertz CT molecular complexity index is 1070. The van der Waals surface area contributed by atoms with Crippen molar-refractivity contribution < 1.29 is 28.7 Å². The second kappa shape index (κ2) is 9.38. The van der Waals surface area contributed by atoms with E-state index in [0.717, 1.165) is 37.2 Å². The van der Waals surface area contributed by atoms with Crippen molar-refractivity contribution in [3.8, 4) is 5.75 Å². The van der Waals surface area contributed by atoms with Crippen molar-refractivity contribution in [1.82, 2.24) is 20.0 Å². The molecule has 4 amide bonds. The van der Waals surface area contributed by atoms with Crippen molar-refractivity contribution >= 4 is 23.8 Å². The number of carbonyl (C=O) groups excluding carboxylic acids is 4. The molecule has 1 aliphatic carbocycles. The van der Waals surface area contributed by atoms with Gasteiger partial charge >= 0.3 is 6.09 Å². The normalized spacial score (nSPS) is 26.9. The van der Waals surface area contributed by atoms with Crippen molar-refractivity contribution in [2.45, 2.75) is 76.8 Å². The molecule has 0 bridgehead atoms. The molecule has 3 heterocycles. The predicted molar refractivity (Wildman–Crippen MR) is 129 cm³/mol. The minimum atomic E-state index is -0.616. The lowest BCUT2D eigenvalue weighted by molar-refractivity contribution is -0.136. The van der Waals surface area contributed by atoms with Crippen molar-refractivity contribution in [1.29, 1.82) is 0 Å². The molecule has 1 atom stereocenters. The van der Waals surface area contributed by atoms with E-state index in [1.54, 1.807) is 15.9 Å². The van der Waals surface area contributed by atoms with E-state index in [-0.39, 0.29) is 30.4 Å². The number of carbonyl (C=O) groups is 4. The fourth-order valence-corrected chi connectivity index (χ4v) is 5.34. The lowest BCUT2D eigenvalue weighted by Crippen LogP contribution is -2.57. The first kappa shape index (κ1) is 24.5. The largest absolute Gasteiger partial charge is 0.490 e. The maximum Gasteiger partial charge on any atom is 0.410 e. The smallest absolute Gasteiger partial charge is 0.410 e. The first-order valence-electron chi connectivity index (χ1n) is 12.7. The maximum atomic E-state index is 12.9. The summed E-state index contributed by atoms with van der Waals surface area (Å²) in [6.45, 7) is 8.96. The highest BCUT2D eigenvalue weighted by Gasteiger charge is 2.40. The van der Waals surface area contributed by atoms with E-state index in [1.807, 2.05) is 32.9 Å². The lowest BCUT2D eigenvalue weighted by Gasteiger charge is -2.46. The molecule has 1 saturated carbocycles. The van der Waals surface area contributed by atoms with Gasteiger partial charge in [-0.05, 0) is 51.0 Å². The molecule has 0 aromatic heterocycles. The molecule has 1 aromatic carbocycles. The van der Waals surface area contributed by atoms with Crippen LogP contribution in [0.25, 0.3) is 0 Å². The van der Waals surface area contributed by atoms with Crippen LogP contribution in [0.15, 0.2) is 18.2 Å². The molecule has 3 aliphatic heterocycles. The monoisotopic (exact) mass is 498 g/mol. The SMILES string of the molecule is CC(C)(C)OC(=O)N1CCN([C@H]2C[C@@H](Oc3ccc4c(c3)CN(C3CCC(=O)NC3=O)C4=O)C2)CC1. The van der Waals surface area contributed by atoms with Crippen LogP contribution in [0.1, 0.15) is 62.4 Å². The van der Waals surface area contributed by atoms with Gasteiger partial charge in [-0.3, -0.25) is 24.6 Å². The summed E-state index contributed by atoms with van der Waals surface area (Å²) in [5.74, 6) is -0.152. The zero-order valence-electron chi connectivity index (χ0n) is 21.1. The molecule has 2 saturated heterocycles. The molecule has 1 N–H and O–H groups in total. The van der Waals surface area contributed by atoms with Gasteiger partial charge in [-0.2, -0.15) is 0 Å². The Balaban J connectivity index is 1.10. The van der Waals surface area contributed by atoms with Crippen LogP contribution in [0.2, 0.25) is 0 Å². The van der Waals surface area contributed by atoms with Crippen molar-refractivity contribution in [2.24, 2.45) is 0 Å². The number of imide groups is 1. The first-order chi connectivity index (χ1) is 17.1. The number of hydrogen-bond acceptors (Lipinski definition) is 7. The van der Waals surface area contributed by atoms with E-state index in [9.17, 15) is 19.2 Å². The van der Waals surface area contributed by atoms with Gasteiger partial charge in [0, 0.05) is 63.6 Å². The number of ether oxygens (including phenoxy) is 2. The van der Waals surface area contributed by atoms with Gasteiger partial charge in [0.25, 0.3) is 5.91 Å². The van der Waals surface area contributed by atoms with Crippen LogP contribution >= 0.6 is 0 Å². The summed E-state index contributed by atoms with van der Waals surface area (Å²) in [5.41, 5.74) is 0.943. The number of piperazine rings is 1. The van der Waals surface area contributed by atoms with Crippen LogP contribution in [0.4, 0.5) is 4.79 Å². The zero-order chi connectivity index (χ0) is 25.6. The van der Waals surface area contributed by atoms with Gasteiger partial charge in [-0.1, -0.05) is 0 Å². The molecule has 1 unspecified atom stereocenters. The standard InChI is InChI=1S/C26H34N4O6/c1-26(2,3)36-25(34)29-10-8-28(9-11-29)17-13-19(14-17)35-18-4-5-20-16(12-18)15-30(24(20)33)21-6-7-22(31)27-23(21)32/h4-5,12,17,19,21H,6-11,13-15H2,1-3H3,(H,27,31,32)/t17-,19+,21?. The number of nitrogens with zero attached hydrogens (tertiary/aromatic N) is 3. The molecule has 10 nitrogen and oxygen atoms in total. The van der Waals surface area contributed by atoms with Gasteiger partial charge in [0.1, 0.15) is 23.5 Å². The summed E-state index contributed by atoms with van der Waals surface area (Å²) in [7, 11) is 0. The third kappa shape index (κ3) is 5.04. The highest BCUT2D eigenvalue weighted by molar-refractivity contribution is 6.05. The van der Waals surface area contributed by atoms with Gasteiger partial charge in [0.2, 0.25) is 11.8 Å². The predicted octanol–water partition coefficient (Wildman–Crippen LogP) is 1.91. The summed E-state index contributed by atoms with van der Waals surface area (Å²) >= 11 is 0. The number of piperidine rings is 1. The van der Waals surface area contributed by atoms with Crippen molar-refractivity contribution in [3.63, 3.8) is 0 Å². The second-order valence-electron chi connectivity index (χ2n) is 11.1. The summed E-state index contributed by atoms with van der Waals surface area (Å²) in [4.78, 5) is 54.6. The van der Waals surface area contributed by atoms with E-state index < -0.39 is 17.6 Å². The summed E-state index contributed by atoms with van der Waals surface area (Å²) in [5, 5.41) is 2.33. The third-order valence-electron chi connectivity index (χ3n) is 7.35. The average Bonchev–Trinajstić information content (AvgIpc) is 3.10. The molecule has 1 aromatic rings. The number of rotatable bonds is 4. The molecule has 4 aliphatic rings. The highest BCUT2D eigenvalue weighted by Crippen LogP contribution is 2.34. The molecule has 3 fully saturated rings. The molecule has 0 spiro atoms. The van der Waals surface area contributed by atoms with Crippen LogP contribution < -0.4 is 10.1 Å². The number of amides is 4. The van der Waals surface area contributed by atoms with Crippen molar-refractivity contribution in [2.75, 3.05) is 26.2 Å². The summed E-state index contributed by atoms with van der Waals surface area (Å²) in [6, 6.07) is 5.30. The van der Waals surface area contributed by atoms with E-state index >= 15 is 0 Å². The maximum absolute atomic E-state index is 12.9. The van der Waals surface area contributed by atoms with Crippen LogP contribution in [-0.4, -0.2) is 88.5 Å². The van der Waals surface area contributed by atoms with Crippen LogP contribution in [0.5, 0.6) is 5.75 Å². The van der Waals surface area contributed by atoms with Crippen LogP contribution in [0.3, 0.4) is 0 Å².